The predicted octanol–water partition coefficient (Wildman–Crippen LogP) is 5.13. The number of hydrogen-bond acceptors (Lipinski definition) is 3. The fraction of sp³-hybridized carbons (Fsp3) is 0.524. The molecule has 1 saturated carbocycles. The van der Waals surface area contributed by atoms with Crippen LogP contribution < -0.4 is 4.74 Å². The minimum Gasteiger partial charge on any atom is -0.487 e. The molecule has 5 rings (SSSR count). The summed E-state index contributed by atoms with van der Waals surface area (Å²) in [4.78, 5) is 2.72. The number of ether oxygens (including phenoxy) is 1. The Bertz CT molecular complexity index is 711. The van der Waals surface area contributed by atoms with Gasteiger partial charge >= 0.3 is 0 Å². The summed E-state index contributed by atoms with van der Waals surface area (Å²) in [5.41, 5.74) is 4.16. The Kier molecular flexibility index (Phi) is 3.67. The third-order valence-corrected chi connectivity index (χ3v) is 7.08. The van der Waals surface area contributed by atoms with E-state index in [1.54, 1.807) is 11.3 Å². The predicted molar refractivity (Wildman–Crippen MR) is 99.9 cm³/mol. The van der Waals surface area contributed by atoms with Crippen molar-refractivity contribution in [1.82, 2.24) is 4.90 Å². The molecule has 0 amide bonds. The van der Waals surface area contributed by atoms with Crippen LogP contribution in [0.1, 0.15) is 44.1 Å². The first-order chi connectivity index (χ1) is 11.8. The molecular weight excluding hydrogens is 314 g/mol. The number of likely N-dealkylation sites (tertiary alicyclic amines) is 1. The van der Waals surface area contributed by atoms with Crippen molar-refractivity contribution in [2.45, 2.75) is 56.6 Å². The summed E-state index contributed by atoms with van der Waals surface area (Å²) in [5.74, 6) is 1.14. The zero-order chi connectivity index (χ0) is 16.0. The first kappa shape index (κ1) is 15.0. The molecule has 2 aliphatic heterocycles. The smallest absolute Gasteiger partial charge is 0.123 e. The zero-order valence-electron chi connectivity index (χ0n) is 14.2. The molecule has 3 heteroatoms. The summed E-state index contributed by atoms with van der Waals surface area (Å²) >= 11 is 1.76. The maximum atomic E-state index is 6.59. The molecule has 1 spiro atoms. The van der Waals surface area contributed by atoms with Gasteiger partial charge in [-0.1, -0.05) is 12.5 Å². The number of nitrogens with zero attached hydrogens (tertiary/aromatic N) is 1. The molecule has 1 saturated heterocycles. The van der Waals surface area contributed by atoms with E-state index in [-0.39, 0.29) is 5.60 Å². The lowest BCUT2D eigenvalue weighted by atomic mass is 9.81. The summed E-state index contributed by atoms with van der Waals surface area (Å²) in [6.07, 6.45) is 9.03. The number of fused-ring (bicyclic) bond motifs is 1. The van der Waals surface area contributed by atoms with Crippen LogP contribution in [-0.4, -0.2) is 29.6 Å². The molecule has 2 nitrogen and oxygen atoms in total. The van der Waals surface area contributed by atoms with Gasteiger partial charge in [0.05, 0.1) is 0 Å². The second kappa shape index (κ2) is 5.89. The summed E-state index contributed by atoms with van der Waals surface area (Å²) in [6, 6.07) is 9.86. The van der Waals surface area contributed by atoms with Gasteiger partial charge in [0.2, 0.25) is 0 Å². The molecule has 126 valence electrons. The molecule has 2 aromatic rings. The molecular formula is C21H25NOS. The molecule has 0 radical (unpaired) electrons. The van der Waals surface area contributed by atoms with E-state index in [4.69, 9.17) is 4.74 Å². The largest absolute Gasteiger partial charge is 0.487 e. The lowest BCUT2D eigenvalue weighted by Crippen LogP contribution is -2.53. The molecule has 2 fully saturated rings. The van der Waals surface area contributed by atoms with Crippen molar-refractivity contribution in [3.05, 3.63) is 40.6 Å². The molecule has 1 aromatic carbocycles. The molecule has 0 unspecified atom stereocenters. The van der Waals surface area contributed by atoms with Crippen LogP contribution in [0.4, 0.5) is 0 Å². The normalized spacial score (nSPS) is 23.5. The molecule has 3 aliphatic rings. The zero-order valence-corrected chi connectivity index (χ0v) is 15.0. The monoisotopic (exact) mass is 339 g/mol. The first-order valence-corrected chi connectivity index (χ1v) is 10.3. The fourth-order valence-corrected chi connectivity index (χ4v) is 5.20. The van der Waals surface area contributed by atoms with Crippen LogP contribution in [0.25, 0.3) is 11.1 Å². The second-order valence-corrected chi connectivity index (χ2v) is 8.52. The van der Waals surface area contributed by atoms with Crippen molar-refractivity contribution in [2.24, 2.45) is 0 Å². The molecule has 1 aromatic heterocycles. The Balaban J connectivity index is 1.32. The minimum atomic E-state index is 0.108. The van der Waals surface area contributed by atoms with Gasteiger partial charge < -0.3 is 9.64 Å². The van der Waals surface area contributed by atoms with Crippen molar-refractivity contribution >= 4 is 11.3 Å². The van der Waals surface area contributed by atoms with Crippen molar-refractivity contribution in [2.75, 3.05) is 13.1 Å². The Labute approximate surface area is 148 Å². The number of piperidine rings is 1. The third-order valence-electron chi connectivity index (χ3n) is 6.39. The van der Waals surface area contributed by atoms with Gasteiger partial charge in [-0.05, 0) is 84.2 Å². The lowest BCUT2D eigenvalue weighted by molar-refractivity contribution is -0.0336. The van der Waals surface area contributed by atoms with Gasteiger partial charge in [-0.2, -0.15) is 11.3 Å². The highest BCUT2D eigenvalue weighted by Crippen LogP contribution is 2.42. The quantitative estimate of drug-likeness (QED) is 0.752. The van der Waals surface area contributed by atoms with E-state index in [9.17, 15) is 0 Å². The van der Waals surface area contributed by atoms with Gasteiger partial charge in [-0.3, -0.25) is 0 Å². The van der Waals surface area contributed by atoms with Gasteiger partial charge in [0.25, 0.3) is 0 Å². The summed E-state index contributed by atoms with van der Waals surface area (Å²) in [7, 11) is 0. The highest BCUT2D eigenvalue weighted by molar-refractivity contribution is 7.08. The minimum absolute atomic E-state index is 0.108. The summed E-state index contributed by atoms with van der Waals surface area (Å²) in [6.45, 7) is 2.46. The Morgan fingerprint density at radius 2 is 1.92 bits per heavy atom. The number of aryl methyl sites for hydroxylation is 1. The van der Waals surface area contributed by atoms with Gasteiger partial charge in [-0.15, -0.1) is 0 Å². The molecule has 3 heterocycles. The van der Waals surface area contributed by atoms with Crippen LogP contribution in [0.3, 0.4) is 0 Å². The molecule has 0 N–H and O–H groups in total. The van der Waals surface area contributed by atoms with Gasteiger partial charge in [0, 0.05) is 19.1 Å². The van der Waals surface area contributed by atoms with Crippen LogP contribution in [-0.2, 0) is 6.42 Å². The van der Waals surface area contributed by atoms with Crippen LogP contribution >= 0.6 is 11.3 Å². The standard InChI is InChI=1S/C21H25NOS/c1-2-19(3-1)22-11-9-21(10-12-22)8-6-17-14-16(4-5-20(17)23-21)18-7-13-24-15-18/h4-5,7,13-15,19H,1-3,6,8-12H2. The maximum absolute atomic E-state index is 6.59. The van der Waals surface area contributed by atoms with E-state index in [0.29, 0.717) is 0 Å². The van der Waals surface area contributed by atoms with Crippen LogP contribution in [0.5, 0.6) is 5.75 Å². The van der Waals surface area contributed by atoms with Gasteiger partial charge in [-0.25, -0.2) is 0 Å². The van der Waals surface area contributed by atoms with Gasteiger partial charge in [0.1, 0.15) is 11.4 Å². The average molecular weight is 340 g/mol. The van der Waals surface area contributed by atoms with E-state index >= 15 is 0 Å². The molecule has 0 atom stereocenters. The SMILES string of the molecule is c1cc(-c2ccc3c(c2)CCC2(CCN(C4CCC4)CC2)O3)cs1. The number of hydrogen-bond donors (Lipinski definition) is 0. The maximum Gasteiger partial charge on any atom is 0.123 e. The van der Waals surface area contributed by atoms with Crippen molar-refractivity contribution in [3.63, 3.8) is 0 Å². The van der Waals surface area contributed by atoms with E-state index < -0.39 is 0 Å². The number of thiophene rings is 1. The summed E-state index contributed by atoms with van der Waals surface area (Å²) in [5, 5.41) is 4.37. The van der Waals surface area contributed by atoms with Crippen molar-refractivity contribution in [3.8, 4) is 16.9 Å². The van der Waals surface area contributed by atoms with Crippen molar-refractivity contribution < 1.29 is 4.74 Å². The molecule has 1 aliphatic carbocycles. The number of rotatable bonds is 2. The molecule has 24 heavy (non-hydrogen) atoms. The van der Waals surface area contributed by atoms with Crippen molar-refractivity contribution in [1.29, 1.82) is 0 Å². The Morgan fingerprint density at radius 3 is 2.62 bits per heavy atom. The lowest BCUT2D eigenvalue weighted by Gasteiger charge is -2.48. The van der Waals surface area contributed by atoms with E-state index in [1.807, 2.05) is 0 Å². The molecule has 0 bridgehead atoms. The summed E-state index contributed by atoms with van der Waals surface area (Å²) < 4.78 is 6.59. The fourth-order valence-electron chi connectivity index (χ4n) is 4.53. The average Bonchev–Trinajstić information content (AvgIpc) is 3.10. The number of benzene rings is 1. The van der Waals surface area contributed by atoms with E-state index in [2.05, 4.69) is 39.9 Å². The topological polar surface area (TPSA) is 12.5 Å². The second-order valence-electron chi connectivity index (χ2n) is 7.74. The van der Waals surface area contributed by atoms with Gasteiger partial charge in [0.15, 0.2) is 0 Å². The van der Waals surface area contributed by atoms with Crippen LogP contribution in [0, 0.1) is 0 Å². The van der Waals surface area contributed by atoms with Crippen LogP contribution in [0.2, 0.25) is 0 Å². The highest BCUT2D eigenvalue weighted by Gasteiger charge is 2.41. The highest BCUT2D eigenvalue weighted by atomic mass is 32.1. The Hall–Kier alpha value is -1.32. The Morgan fingerprint density at radius 1 is 1.04 bits per heavy atom. The first-order valence-electron chi connectivity index (χ1n) is 9.40. The van der Waals surface area contributed by atoms with E-state index in [0.717, 1.165) is 18.2 Å². The third kappa shape index (κ3) is 2.58. The van der Waals surface area contributed by atoms with Crippen LogP contribution in [0.15, 0.2) is 35.0 Å². The van der Waals surface area contributed by atoms with E-state index in [1.165, 1.54) is 68.3 Å².